The maximum absolute atomic E-state index is 12.8. The highest BCUT2D eigenvalue weighted by Gasteiger charge is 2.23. The number of thiocarbonyl (C=S) groups is 1. The van der Waals surface area contributed by atoms with Crippen LogP contribution >= 0.6 is 12.2 Å². The van der Waals surface area contributed by atoms with Gasteiger partial charge in [0.05, 0.1) is 6.54 Å². The monoisotopic (exact) mass is 249 g/mol. The molecule has 1 aromatic heterocycles. The van der Waals surface area contributed by atoms with Crippen molar-refractivity contribution < 1.29 is 8.78 Å². The number of alkyl halides is 2. The molecule has 0 aliphatic carbocycles. The SMILES string of the molecule is CN(C)CCn1nnc(C(N)=S)c1C(F)F. The number of nitrogens with zero attached hydrogens (tertiary/aromatic N) is 4. The van der Waals surface area contributed by atoms with Gasteiger partial charge in [0.2, 0.25) is 0 Å². The van der Waals surface area contributed by atoms with E-state index in [2.05, 4.69) is 22.5 Å². The van der Waals surface area contributed by atoms with Crippen LogP contribution in [-0.2, 0) is 6.54 Å². The second kappa shape index (κ2) is 5.26. The van der Waals surface area contributed by atoms with Gasteiger partial charge in [-0.2, -0.15) is 0 Å². The van der Waals surface area contributed by atoms with Crippen LogP contribution in [0.25, 0.3) is 0 Å². The van der Waals surface area contributed by atoms with E-state index in [0.717, 1.165) is 4.68 Å². The lowest BCUT2D eigenvalue weighted by molar-refractivity contribution is 0.137. The van der Waals surface area contributed by atoms with Gasteiger partial charge in [-0.15, -0.1) is 5.10 Å². The van der Waals surface area contributed by atoms with Crippen LogP contribution in [-0.4, -0.2) is 45.5 Å². The molecule has 5 nitrogen and oxygen atoms in total. The minimum absolute atomic E-state index is 0.0937. The van der Waals surface area contributed by atoms with Crippen LogP contribution in [0, 0.1) is 0 Å². The first-order chi connectivity index (χ1) is 7.43. The lowest BCUT2D eigenvalue weighted by Crippen LogP contribution is -2.21. The molecule has 1 rings (SSSR count). The zero-order valence-corrected chi connectivity index (χ0v) is 9.84. The van der Waals surface area contributed by atoms with Crippen molar-refractivity contribution in [2.75, 3.05) is 20.6 Å². The number of nitrogens with two attached hydrogens (primary N) is 1. The van der Waals surface area contributed by atoms with Gasteiger partial charge in [0, 0.05) is 6.54 Å². The Morgan fingerprint density at radius 3 is 2.62 bits per heavy atom. The molecule has 2 N–H and O–H groups in total. The van der Waals surface area contributed by atoms with Gasteiger partial charge in [-0.05, 0) is 14.1 Å². The van der Waals surface area contributed by atoms with Crippen LogP contribution in [0.5, 0.6) is 0 Å². The molecule has 0 spiro atoms. The molecule has 8 heteroatoms. The van der Waals surface area contributed by atoms with Crippen LogP contribution in [0.1, 0.15) is 17.8 Å². The van der Waals surface area contributed by atoms with Gasteiger partial charge in [-0.25, -0.2) is 13.5 Å². The molecule has 0 aliphatic rings. The van der Waals surface area contributed by atoms with Gasteiger partial charge in [0.15, 0.2) is 0 Å². The average molecular weight is 249 g/mol. The summed E-state index contributed by atoms with van der Waals surface area (Å²) in [5, 5.41) is 7.19. The van der Waals surface area contributed by atoms with Crippen LogP contribution < -0.4 is 5.73 Å². The standard InChI is InChI=1S/C8H13F2N5S/c1-14(2)3-4-15-6(7(9)10)5(8(11)16)12-13-15/h7H,3-4H2,1-2H3,(H2,11,16). The predicted octanol–water partition coefficient (Wildman–Crippen LogP) is 0.411. The molecule has 0 radical (unpaired) electrons. The Morgan fingerprint density at radius 2 is 2.19 bits per heavy atom. The number of aromatic nitrogens is 3. The minimum atomic E-state index is -2.69. The molecule has 0 fully saturated rings. The molecular weight excluding hydrogens is 236 g/mol. The third-order valence-electron chi connectivity index (χ3n) is 1.97. The summed E-state index contributed by atoms with van der Waals surface area (Å²) in [5.41, 5.74) is 4.89. The number of rotatable bonds is 5. The summed E-state index contributed by atoms with van der Waals surface area (Å²) in [5.74, 6) is 0. The van der Waals surface area contributed by atoms with Crippen LogP contribution in [0.15, 0.2) is 0 Å². The number of halogens is 2. The van der Waals surface area contributed by atoms with E-state index in [-0.39, 0.29) is 16.4 Å². The Balaban J connectivity index is 2.96. The zero-order valence-electron chi connectivity index (χ0n) is 9.02. The topological polar surface area (TPSA) is 60.0 Å². The van der Waals surface area contributed by atoms with E-state index in [1.807, 2.05) is 19.0 Å². The molecule has 90 valence electrons. The third kappa shape index (κ3) is 2.92. The summed E-state index contributed by atoms with van der Waals surface area (Å²) in [6.07, 6.45) is -2.69. The molecule has 0 aromatic carbocycles. The van der Waals surface area contributed by atoms with Crippen LogP contribution in [0.2, 0.25) is 0 Å². The van der Waals surface area contributed by atoms with E-state index < -0.39 is 6.43 Å². The van der Waals surface area contributed by atoms with Gasteiger partial charge in [0.1, 0.15) is 16.4 Å². The van der Waals surface area contributed by atoms with Crippen LogP contribution in [0.3, 0.4) is 0 Å². The van der Waals surface area contributed by atoms with Crippen LogP contribution in [0.4, 0.5) is 8.78 Å². The fraction of sp³-hybridized carbons (Fsp3) is 0.625. The Kier molecular flexibility index (Phi) is 4.25. The van der Waals surface area contributed by atoms with Gasteiger partial charge >= 0.3 is 0 Å². The normalized spacial score (nSPS) is 11.4. The highest BCUT2D eigenvalue weighted by Crippen LogP contribution is 2.21. The quantitative estimate of drug-likeness (QED) is 0.766. The molecule has 0 bridgehead atoms. The smallest absolute Gasteiger partial charge is 0.282 e. The first-order valence-corrected chi connectivity index (χ1v) is 5.00. The van der Waals surface area contributed by atoms with E-state index in [0.29, 0.717) is 13.1 Å². The summed E-state index contributed by atoms with van der Waals surface area (Å²) < 4.78 is 26.7. The Labute approximate surface area is 97.2 Å². The van der Waals surface area contributed by atoms with Crippen molar-refractivity contribution in [2.24, 2.45) is 5.73 Å². The lowest BCUT2D eigenvalue weighted by atomic mass is 10.3. The van der Waals surface area contributed by atoms with E-state index in [4.69, 9.17) is 5.73 Å². The van der Waals surface area contributed by atoms with Crippen molar-refractivity contribution in [1.29, 1.82) is 0 Å². The number of hydrogen-bond donors (Lipinski definition) is 1. The molecule has 0 aliphatic heterocycles. The Hall–Kier alpha value is -1.15. The largest absolute Gasteiger partial charge is 0.388 e. The van der Waals surface area contributed by atoms with Crippen molar-refractivity contribution in [1.82, 2.24) is 19.9 Å². The van der Waals surface area contributed by atoms with Gasteiger partial charge in [-0.3, -0.25) is 0 Å². The fourth-order valence-corrected chi connectivity index (χ4v) is 1.32. The molecule has 16 heavy (non-hydrogen) atoms. The summed E-state index contributed by atoms with van der Waals surface area (Å²) in [6, 6.07) is 0. The summed E-state index contributed by atoms with van der Waals surface area (Å²) >= 11 is 4.64. The summed E-state index contributed by atoms with van der Waals surface area (Å²) in [4.78, 5) is 1.70. The fourth-order valence-electron chi connectivity index (χ4n) is 1.17. The predicted molar refractivity (Wildman–Crippen MR) is 59.4 cm³/mol. The minimum Gasteiger partial charge on any atom is -0.388 e. The number of likely N-dealkylation sites (N-methyl/N-ethyl adjacent to an activating group) is 1. The maximum atomic E-state index is 12.8. The first-order valence-electron chi connectivity index (χ1n) is 4.59. The molecule has 0 unspecified atom stereocenters. The maximum Gasteiger partial charge on any atom is 0.282 e. The molecular formula is C8H13F2N5S. The zero-order chi connectivity index (χ0) is 12.3. The van der Waals surface area contributed by atoms with E-state index in [1.165, 1.54) is 0 Å². The third-order valence-corrected chi connectivity index (χ3v) is 2.17. The average Bonchev–Trinajstić information content (AvgIpc) is 2.57. The highest BCUT2D eigenvalue weighted by molar-refractivity contribution is 7.80. The van der Waals surface area contributed by atoms with E-state index in [9.17, 15) is 8.78 Å². The molecule has 0 saturated carbocycles. The van der Waals surface area contributed by atoms with Crippen molar-refractivity contribution >= 4 is 17.2 Å². The Bertz CT molecular complexity index is 377. The molecule has 0 amide bonds. The Morgan fingerprint density at radius 1 is 1.56 bits per heavy atom. The second-order valence-electron chi connectivity index (χ2n) is 3.51. The molecule has 0 atom stereocenters. The van der Waals surface area contributed by atoms with Crippen molar-refractivity contribution in [2.45, 2.75) is 13.0 Å². The first kappa shape index (κ1) is 12.9. The molecule has 0 saturated heterocycles. The van der Waals surface area contributed by atoms with Crippen molar-refractivity contribution in [3.8, 4) is 0 Å². The van der Waals surface area contributed by atoms with E-state index >= 15 is 0 Å². The van der Waals surface area contributed by atoms with E-state index in [1.54, 1.807) is 0 Å². The molecule has 1 aromatic rings. The van der Waals surface area contributed by atoms with Gasteiger partial charge < -0.3 is 10.6 Å². The van der Waals surface area contributed by atoms with Gasteiger partial charge in [-0.1, -0.05) is 17.4 Å². The summed E-state index contributed by atoms with van der Waals surface area (Å²) in [7, 11) is 3.68. The van der Waals surface area contributed by atoms with Crippen molar-refractivity contribution in [3.63, 3.8) is 0 Å². The second-order valence-corrected chi connectivity index (χ2v) is 3.95. The van der Waals surface area contributed by atoms with Crippen molar-refractivity contribution in [3.05, 3.63) is 11.4 Å². The molecule has 1 heterocycles. The number of hydrogen-bond acceptors (Lipinski definition) is 4. The highest BCUT2D eigenvalue weighted by atomic mass is 32.1. The lowest BCUT2D eigenvalue weighted by Gasteiger charge is -2.11. The van der Waals surface area contributed by atoms with Gasteiger partial charge in [0.25, 0.3) is 6.43 Å². The summed E-state index contributed by atoms with van der Waals surface area (Å²) in [6.45, 7) is 0.905.